The molecule has 0 aliphatic carbocycles. The van der Waals surface area contributed by atoms with E-state index in [4.69, 9.17) is 5.73 Å². The van der Waals surface area contributed by atoms with Gasteiger partial charge in [0.15, 0.2) is 0 Å². The van der Waals surface area contributed by atoms with Crippen LogP contribution in [-0.2, 0) is 0 Å². The van der Waals surface area contributed by atoms with Crippen molar-refractivity contribution in [2.75, 3.05) is 18.5 Å². The molecule has 0 bridgehead atoms. The van der Waals surface area contributed by atoms with Gasteiger partial charge < -0.3 is 10.6 Å². The highest BCUT2D eigenvalue weighted by Gasteiger charge is 2.16. The highest BCUT2D eigenvalue weighted by molar-refractivity contribution is 5.98. The van der Waals surface area contributed by atoms with Crippen LogP contribution in [0.4, 0.5) is 10.1 Å². The van der Waals surface area contributed by atoms with E-state index in [0.717, 1.165) is 13.0 Å². The Morgan fingerprint density at radius 1 is 1.47 bits per heavy atom. The lowest BCUT2D eigenvalue weighted by Gasteiger charge is -2.22. The molecule has 17 heavy (non-hydrogen) atoms. The fourth-order valence-corrected chi connectivity index (χ4v) is 1.65. The molecular formula is C13H19FN2O. The van der Waals surface area contributed by atoms with Crippen LogP contribution in [0.15, 0.2) is 18.2 Å². The first kappa shape index (κ1) is 13.5. The van der Waals surface area contributed by atoms with Crippen LogP contribution in [0.2, 0.25) is 0 Å². The summed E-state index contributed by atoms with van der Waals surface area (Å²) in [6.07, 6.45) is 0.977. The number of benzene rings is 1. The van der Waals surface area contributed by atoms with Crippen LogP contribution >= 0.6 is 0 Å². The second-order valence-corrected chi connectivity index (χ2v) is 4.60. The van der Waals surface area contributed by atoms with Gasteiger partial charge in [-0.1, -0.05) is 19.9 Å². The summed E-state index contributed by atoms with van der Waals surface area (Å²) in [7, 11) is 1.84. The van der Waals surface area contributed by atoms with Gasteiger partial charge in [0.05, 0.1) is 11.3 Å². The fraction of sp³-hybridized carbons (Fsp3) is 0.462. The zero-order valence-corrected chi connectivity index (χ0v) is 10.5. The predicted molar refractivity (Wildman–Crippen MR) is 67.6 cm³/mol. The monoisotopic (exact) mass is 238 g/mol. The van der Waals surface area contributed by atoms with Gasteiger partial charge in [0.2, 0.25) is 0 Å². The van der Waals surface area contributed by atoms with Gasteiger partial charge in [0.1, 0.15) is 5.82 Å². The maximum Gasteiger partial charge on any atom is 0.253 e. The minimum Gasteiger partial charge on any atom is -0.374 e. The largest absolute Gasteiger partial charge is 0.374 e. The van der Waals surface area contributed by atoms with Crippen molar-refractivity contribution >= 4 is 11.6 Å². The van der Waals surface area contributed by atoms with Crippen molar-refractivity contribution < 1.29 is 9.18 Å². The molecule has 0 fully saturated rings. The number of primary amides is 1. The van der Waals surface area contributed by atoms with E-state index in [1.54, 1.807) is 12.1 Å². The average Bonchev–Trinajstić information content (AvgIpc) is 2.24. The summed E-state index contributed by atoms with van der Waals surface area (Å²) in [5, 5.41) is 0. The van der Waals surface area contributed by atoms with E-state index in [0.29, 0.717) is 11.6 Å². The molecule has 1 aromatic carbocycles. The minimum absolute atomic E-state index is 0.0289. The van der Waals surface area contributed by atoms with Gasteiger partial charge in [-0.15, -0.1) is 0 Å². The van der Waals surface area contributed by atoms with Crippen LogP contribution in [0.1, 0.15) is 30.6 Å². The van der Waals surface area contributed by atoms with Crippen LogP contribution in [0.5, 0.6) is 0 Å². The number of halogens is 1. The molecule has 1 amide bonds. The smallest absolute Gasteiger partial charge is 0.253 e. The Labute approximate surface area is 101 Å². The Morgan fingerprint density at radius 2 is 2.12 bits per heavy atom. The van der Waals surface area contributed by atoms with Gasteiger partial charge >= 0.3 is 0 Å². The lowest BCUT2D eigenvalue weighted by Crippen LogP contribution is -2.25. The maximum absolute atomic E-state index is 13.5. The number of anilines is 1. The quantitative estimate of drug-likeness (QED) is 0.856. The summed E-state index contributed by atoms with van der Waals surface area (Å²) in [5.41, 5.74) is 5.73. The molecule has 0 saturated heterocycles. The average molecular weight is 238 g/mol. The Bertz CT molecular complexity index is 404. The summed E-state index contributed by atoms with van der Waals surface area (Å²) in [4.78, 5) is 13.1. The molecule has 0 spiro atoms. The topological polar surface area (TPSA) is 46.3 Å². The van der Waals surface area contributed by atoms with Crippen LogP contribution in [-0.4, -0.2) is 19.5 Å². The normalized spacial score (nSPS) is 10.6. The van der Waals surface area contributed by atoms with Crippen molar-refractivity contribution in [1.29, 1.82) is 0 Å². The van der Waals surface area contributed by atoms with Gasteiger partial charge in [0, 0.05) is 13.6 Å². The van der Waals surface area contributed by atoms with Crippen LogP contribution in [0, 0.1) is 11.7 Å². The molecule has 0 aliphatic heterocycles. The zero-order valence-electron chi connectivity index (χ0n) is 10.5. The summed E-state index contributed by atoms with van der Waals surface area (Å²) in [5.74, 6) is -0.732. The number of amides is 1. The Morgan fingerprint density at radius 3 is 2.65 bits per heavy atom. The van der Waals surface area contributed by atoms with Crippen LogP contribution in [0.25, 0.3) is 0 Å². The molecule has 0 aromatic heterocycles. The molecule has 0 atom stereocenters. The summed E-state index contributed by atoms with van der Waals surface area (Å²) in [6, 6.07) is 4.55. The molecule has 0 unspecified atom stereocenters. The first-order valence-electron chi connectivity index (χ1n) is 5.73. The second kappa shape index (κ2) is 5.66. The lowest BCUT2D eigenvalue weighted by molar-refractivity contribution is 0.0997. The van der Waals surface area contributed by atoms with E-state index < -0.39 is 11.7 Å². The van der Waals surface area contributed by atoms with Crippen LogP contribution < -0.4 is 10.6 Å². The number of hydrogen-bond acceptors (Lipinski definition) is 2. The third-order valence-electron chi connectivity index (χ3n) is 2.69. The molecule has 0 heterocycles. The summed E-state index contributed by atoms with van der Waals surface area (Å²) >= 11 is 0. The Balaban J connectivity index is 2.96. The summed E-state index contributed by atoms with van der Waals surface area (Å²) in [6.45, 7) is 5.00. The van der Waals surface area contributed by atoms with Gasteiger partial charge in [-0.3, -0.25) is 4.79 Å². The number of nitrogens with two attached hydrogens (primary N) is 1. The van der Waals surface area contributed by atoms with Gasteiger partial charge in [-0.05, 0) is 24.5 Å². The number of carbonyl (C=O) groups is 1. The molecule has 0 aliphatic rings. The van der Waals surface area contributed by atoms with E-state index in [2.05, 4.69) is 13.8 Å². The maximum atomic E-state index is 13.5. The second-order valence-electron chi connectivity index (χ2n) is 4.60. The first-order chi connectivity index (χ1) is 7.93. The number of hydrogen-bond donors (Lipinski definition) is 1. The Kier molecular flexibility index (Phi) is 4.49. The van der Waals surface area contributed by atoms with Crippen molar-refractivity contribution in [3.05, 3.63) is 29.6 Å². The van der Waals surface area contributed by atoms with Crippen molar-refractivity contribution in [3.8, 4) is 0 Å². The third kappa shape index (κ3) is 3.44. The standard InChI is InChI=1S/C13H19FN2O/c1-9(2)7-8-16(3)11-6-4-5-10(14)12(11)13(15)17/h4-6,9H,7-8H2,1-3H3,(H2,15,17). The number of rotatable bonds is 5. The van der Waals surface area contributed by atoms with Crippen molar-refractivity contribution in [1.82, 2.24) is 0 Å². The van der Waals surface area contributed by atoms with E-state index in [1.807, 2.05) is 11.9 Å². The third-order valence-corrected chi connectivity index (χ3v) is 2.69. The molecular weight excluding hydrogens is 219 g/mol. The molecule has 0 saturated carbocycles. The molecule has 1 aromatic rings. The SMILES string of the molecule is CC(C)CCN(C)c1cccc(F)c1C(N)=O. The molecule has 1 rings (SSSR count). The molecule has 94 valence electrons. The van der Waals surface area contributed by atoms with Crippen LogP contribution in [0.3, 0.4) is 0 Å². The predicted octanol–water partition coefficient (Wildman–Crippen LogP) is 2.41. The highest BCUT2D eigenvalue weighted by Crippen LogP contribution is 2.22. The van der Waals surface area contributed by atoms with E-state index in [-0.39, 0.29) is 5.56 Å². The molecule has 0 radical (unpaired) electrons. The molecule has 4 heteroatoms. The highest BCUT2D eigenvalue weighted by atomic mass is 19.1. The minimum atomic E-state index is -0.727. The molecule has 2 N–H and O–H groups in total. The van der Waals surface area contributed by atoms with Crippen molar-refractivity contribution in [3.63, 3.8) is 0 Å². The lowest BCUT2D eigenvalue weighted by atomic mass is 10.1. The summed E-state index contributed by atoms with van der Waals surface area (Å²) < 4.78 is 13.5. The number of carbonyl (C=O) groups excluding carboxylic acids is 1. The van der Waals surface area contributed by atoms with Crippen molar-refractivity contribution in [2.45, 2.75) is 20.3 Å². The zero-order chi connectivity index (χ0) is 13.0. The van der Waals surface area contributed by atoms with E-state index in [1.165, 1.54) is 6.07 Å². The molecule has 3 nitrogen and oxygen atoms in total. The number of nitrogens with zero attached hydrogens (tertiary/aromatic N) is 1. The first-order valence-corrected chi connectivity index (χ1v) is 5.73. The Hall–Kier alpha value is -1.58. The van der Waals surface area contributed by atoms with E-state index in [9.17, 15) is 9.18 Å². The van der Waals surface area contributed by atoms with Gasteiger partial charge in [0.25, 0.3) is 5.91 Å². The van der Waals surface area contributed by atoms with Gasteiger partial charge in [-0.2, -0.15) is 0 Å². The van der Waals surface area contributed by atoms with Crippen molar-refractivity contribution in [2.24, 2.45) is 11.7 Å². The van der Waals surface area contributed by atoms with Gasteiger partial charge in [-0.25, -0.2) is 4.39 Å². The van der Waals surface area contributed by atoms with E-state index >= 15 is 0 Å². The fourth-order valence-electron chi connectivity index (χ4n) is 1.65.